The number of carbonyl (C=O) groups is 1. The molecule has 1 aliphatic heterocycles. The van der Waals surface area contributed by atoms with Gasteiger partial charge in [0, 0.05) is 23.8 Å². The minimum atomic E-state index is -3.83. The molecule has 1 unspecified atom stereocenters. The van der Waals surface area contributed by atoms with E-state index in [9.17, 15) is 17.6 Å². The van der Waals surface area contributed by atoms with Crippen LogP contribution in [0, 0.1) is 12.7 Å². The average molecular weight is 390 g/mol. The minimum Gasteiger partial charge on any atom is -0.336 e. The zero-order chi connectivity index (χ0) is 19.6. The fourth-order valence-electron chi connectivity index (χ4n) is 3.24. The van der Waals surface area contributed by atoms with Crippen molar-refractivity contribution in [1.29, 1.82) is 0 Å². The summed E-state index contributed by atoms with van der Waals surface area (Å²) >= 11 is 0. The summed E-state index contributed by atoms with van der Waals surface area (Å²) in [6.07, 6.45) is 3.14. The molecular formula is C20H23FN2O3S. The molecule has 5 nitrogen and oxygen atoms in total. The molecule has 1 N–H and O–H groups in total. The van der Waals surface area contributed by atoms with Crippen molar-refractivity contribution in [3.63, 3.8) is 0 Å². The Morgan fingerprint density at radius 1 is 1.15 bits per heavy atom. The molecule has 0 bridgehead atoms. The van der Waals surface area contributed by atoms with Gasteiger partial charge in [0.05, 0.1) is 4.90 Å². The largest absolute Gasteiger partial charge is 0.336 e. The lowest BCUT2D eigenvalue weighted by Gasteiger charge is -2.33. The highest BCUT2D eigenvalue weighted by Gasteiger charge is 2.24. The molecule has 1 amide bonds. The molecule has 0 radical (unpaired) electrons. The van der Waals surface area contributed by atoms with E-state index in [4.69, 9.17) is 0 Å². The van der Waals surface area contributed by atoms with Crippen molar-refractivity contribution in [2.45, 2.75) is 44.0 Å². The third-order valence-corrected chi connectivity index (χ3v) is 6.27. The van der Waals surface area contributed by atoms with E-state index < -0.39 is 15.8 Å². The van der Waals surface area contributed by atoms with Gasteiger partial charge in [0.2, 0.25) is 0 Å². The first kappa shape index (κ1) is 19.4. The van der Waals surface area contributed by atoms with E-state index in [1.165, 1.54) is 19.1 Å². The normalized spacial score (nSPS) is 17.6. The molecular weight excluding hydrogens is 367 g/mol. The number of amides is 1. The molecule has 0 aliphatic carbocycles. The molecule has 144 valence electrons. The second-order valence-corrected chi connectivity index (χ2v) is 8.62. The van der Waals surface area contributed by atoms with Crippen LogP contribution in [0.25, 0.3) is 0 Å². The van der Waals surface area contributed by atoms with E-state index in [2.05, 4.69) is 4.72 Å². The van der Waals surface area contributed by atoms with Crippen LogP contribution in [0.1, 0.15) is 42.1 Å². The number of hydrogen-bond donors (Lipinski definition) is 1. The Balaban J connectivity index is 1.75. The number of anilines is 1. The maximum atomic E-state index is 13.4. The lowest BCUT2D eigenvalue weighted by Crippen LogP contribution is -2.42. The number of rotatable bonds is 4. The van der Waals surface area contributed by atoms with Gasteiger partial charge < -0.3 is 4.90 Å². The van der Waals surface area contributed by atoms with Gasteiger partial charge in [-0.15, -0.1) is 0 Å². The number of halogens is 1. The molecule has 3 rings (SSSR count). The SMILES string of the molecule is Cc1cc(S(=O)(=O)Nc2ccc(C(=O)N3CCCCC3C)cc2)ccc1F. The summed E-state index contributed by atoms with van der Waals surface area (Å²) in [6, 6.07) is 10.2. The van der Waals surface area contributed by atoms with E-state index in [1.54, 1.807) is 24.3 Å². The van der Waals surface area contributed by atoms with Crippen molar-refractivity contribution in [2.75, 3.05) is 11.3 Å². The molecule has 2 aromatic rings. The molecule has 0 aromatic heterocycles. The van der Waals surface area contributed by atoms with Crippen molar-refractivity contribution < 1.29 is 17.6 Å². The van der Waals surface area contributed by atoms with Gasteiger partial charge in [-0.25, -0.2) is 12.8 Å². The molecule has 0 saturated carbocycles. The van der Waals surface area contributed by atoms with Gasteiger partial charge in [0.15, 0.2) is 0 Å². The fraction of sp³-hybridized carbons (Fsp3) is 0.350. The van der Waals surface area contributed by atoms with Crippen LogP contribution < -0.4 is 4.72 Å². The number of nitrogens with zero attached hydrogens (tertiary/aromatic N) is 1. The summed E-state index contributed by atoms with van der Waals surface area (Å²) in [5.41, 5.74) is 1.14. The summed E-state index contributed by atoms with van der Waals surface area (Å²) in [7, 11) is -3.83. The van der Waals surface area contributed by atoms with Crippen molar-refractivity contribution >= 4 is 21.6 Å². The Morgan fingerprint density at radius 3 is 2.48 bits per heavy atom. The Bertz CT molecular complexity index is 942. The van der Waals surface area contributed by atoms with Gasteiger partial charge in [-0.2, -0.15) is 0 Å². The molecule has 7 heteroatoms. The smallest absolute Gasteiger partial charge is 0.261 e. The van der Waals surface area contributed by atoms with Crippen molar-refractivity contribution in [1.82, 2.24) is 4.90 Å². The monoisotopic (exact) mass is 390 g/mol. The van der Waals surface area contributed by atoms with E-state index in [0.717, 1.165) is 31.9 Å². The van der Waals surface area contributed by atoms with Crippen LogP contribution in [0.5, 0.6) is 0 Å². The highest BCUT2D eigenvalue weighted by molar-refractivity contribution is 7.92. The Morgan fingerprint density at radius 2 is 1.85 bits per heavy atom. The van der Waals surface area contributed by atoms with Gasteiger partial charge in [-0.3, -0.25) is 9.52 Å². The summed E-state index contributed by atoms with van der Waals surface area (Å²) < 4.78 is 40.8. The maximum Gasteiger partial charge on any atom is 0.261 e. The van der Waals surface area contributed by atoms with Gasteiger partial charge in [0.1, 0.15) is 5.82 Å². The maximum absolute atomic E-state index is 13.4. The van der Waals surface area contributed by atoms with Crippen LogP contribution in [0.3, 0.4) is 0 Å². The van der Waals surface area contributed by atoms with E-state index in [1.807, 2.05) is 11.8 Å². The molecule has 27 heavy (non-hydrogen) atoms. The number of benzene rings is 2. The highest BCUT2D eigenvalue weighted by atomic mass is 32.2. The zero-order valence-electron chi connectivity index (χ0n) is 15.4. The second-order valence-electron chi connectivity index (χ2n) is 6.94. The standard InChI is InChI=1S/C20H23FN2O3S/c1-14-13-18(10-11-19(14)21)27(25,26)22-17-8-6-16(7-9-17)20(24)23-12-4-3-5-15(23)2/h6-11,13,15,22H,3-5,12H2,1-2H3. The van der Waals surface area contributed by atoms with Crippen LogP contribution in [0.15, 0.2) is 47.4 Å². The van der Waals surface area contributed by atoms with Gasteiger partial charge in [0.25, 0.3) is 15.9 Å². The third kappa shape index (κ3) is 4.30. The van der Waals surface area contributed by atoms with Gasteiger partial charge >= 0.3 is 0 Å². The first-order chi connectivity index (χ1) is 12.8. The molecule has 1 heterocycles. The van der Waals surface area contributed by atoms with Crippen LogP contribution in [0.4, 0.5) is 10.1 Å². The van der Waals surface area contributed by atoms with Gasteiger partial charge in [-0.1, -0.05) is 0 Å². The Kier molecular flexibility index (Phi) is 5.51. The topological polar surface area (TPSA) is 66.5 Å². The first-order valence-corrected chi connectivity index (χ1v) is 10.5. The van der Waals surface area contributed by atoms with Crippen molar-refractivity contribution in [2.24, 2.45) is 0 Å². The third-order valence-electron chi connectivity index (χ3n) is 4.89. The number of likely N-dealkylation sites (tertiary alicyclic amines) is 1. The first-order valence-electron chi connectivity index (χ1n) is 8.98. The fourth-order valence-corrected chi connectivity index (χ4v) is 4.39. The summed E-state index contributed by atoms with van der Waals surface area (Å²) in [4.78, 5) is 14.5. The van der Waals surface area contributed by atoms with Crippen LogP contribution in [0.2, 0.25) is 0 Å². The molecule has 1 atom stereocenters. The van der Waals surface area contributed by atoms with E-state index >= 15 is 0 Å². The predicted molar refractivity (Wildman–Crippen MR) is 103 cm³/mol. The highest BCUT2D eigenvalue weighted by Crippen LogP contribution is 2.22. The summed E-state index contributed by atoms with van der Waals surface area (Å²) in [6.45, 7) is 4.30. The average Bonchev–Trinajstić information content (AvgIpc) is 2.64. The van der Waals surface area contributed by atoms with Crippen molar-refractivity contribution in [3.05, 3.63) is 59.4 Å². The van der Waals surface area contributed by atoms with Crippen LogP contribution in [-0.2, 0) is 10.0 Å². The summed E-state index contributed by atoms with van der Waals surface area (Å²) in [5.74, 6) is -0.491. The minimum absolute atomic E-state index is 0.0105. The molecule has 1 fully saturated rings. The molecule has 1 aliphatic rings. The van der Waals surface area contributed by atoms with Crippen LogP contribution in [-0.4, -0.2) is 31.8 Å². The van der Waals surface area contributed by atoms with Gasteiger partial charge in [-0.05, 0) is 81.1 Å². The molecule has 1 saturated heterocycles. The molecule has 0 spiro atoms. The predicted octanol–water partition coefficient (Wildman–Crippen LogP) is 3.95. The number of hydrogen-bond acceptors (Lipinski definition) is 3. The zero-order valence-corrected chi connectivity index (χ0v) is 16.2. The Labute approximate surface area is 159 Å². The van der Waals surface area contributed by atoms with E-state index in [-0.39, 0.29) is 22.4 Å². The quantitative estimate of drug-likeness (QED) is 0.860. The number of sulfonamides is 1. The summed E-state index contributed by atoms with van der Waals surface area (Å²) in [5, 5.41) is 0. The molecule has 2 aromatic carbocycles. The Hall–Kier alpha value is -2.41. The number of carbonyl (C=O) groups excluding carboxylic acids is 1. The number of piperidine rings is 1. The van der Waals surface area contributed by atoms with Crippen molar-refractivity contribution in [3.8, 4) is 0 Å². The van der Waals surface area contributed by atoms with Crippen LogP contribution >= 0.6 is 0 Å². The van der Waals surface area contributed by atoms with E-state index in [0.29, 0.717) is 11.3 Å². The number of nitrogens with one attached hydrogen (secondary N) is 1. The number of aryl methyl sites for hydroxylation is 1. The second kappa shape index (κ2) is 7.68. The lowest BCUT2D eigenvalue weighted by molar-refractivity contribution is 0.0635. The lowest BCUT2D eigenvalue weighted by atomic mass is 10.0.